The van der Waals surface area contributed by atoms with Gasteiger partial charge in [-0.1, -0.05) is 71.4 Å². The van der Waals surface area contributed by atoms with E-state index in [9.17, 15) is 4.79 Å². The van der Waals surface area contributed by atoms with E-state index < -0.39 is 0 Å². The highest BCUT2D eigenvalue weighted by Gasteiger charge is 2.23. The summed E-state index contributed by atoms with van der Waals surface area (Å²) in [5.74, 6) is 0.311. The fraction of sp³-hybridized carbons (Fsp3) is 0.273. The van der Waals surface area contributed by atoms with Crippen LogP contribution in [0.5, 0.6) is 0 Å². The van der Waals surface area contributed by atoms with E-state index in [1.807, 2.05) is 49.5 Å². The zero-order valence-electron chi connectivity index (χ0n) is 15.3. The molecular formula is C22H23BrN2O. The molecule has 26 heavy (non-hydrogen) atoms. The molecule has 0 radical (unpaired) electrons. The molecule has 0 saturated carbocycles. The number of benzene rings is 2. The van der Waals surface area contributed by atoms with Gasteiger partial charge in [0, 0.05) is 23.8 Å². The van der Waals surface area contributed by atoms with E-state index in [-0.39, 0.29) is 11.9 Å². The third-order valence-electron chi connectivity index (χ3n) is 5.02. The van der Waals surface area contributed by atoms with Gasteiger partial charge in [-0.25, -0.2) is 4.98 Å². The molecule has 1 amide bonds. The lowest BCUT2D eigenvalue weighted by Crippen LogP contribution is -2.40. The number of carbonyl (C=O) groups is 1. The van der Waals surface area contributed by atoms with Gasteiger partial charge in [-0.15, -0.1) is 0 Å². The van der Waals surface area contributed by atoms with Crippen molar-refractivity contribution in [2.24, 2.45) is 5.92 Å². The highest BCUT2D eigenvalue weighted by Crippen LogP contribution is 2.29. The third kappa shape index (κ3) is 3.65. The number of rotatable bonds is 5. The van der Waals surface area contributed by atoms with E-state index in [0.717, 1.165) is 27.4 Å². The highest BCUT2D eigenvalue weighted by atomic mass is 79.9. The Morgan fingerprint density at radius 1 is 1.08 bits per heavy atom. The van der Waals surface area contributed by atoms with Gasteiger partial charge in [0.25, 0.3) is 5.91 Å². The van der Waals surface area contributed by atoms with Gasteiger partial charge < -0.3 is 4.90 Å². The van der Waals surface area contributed by atoms with Crippen molar-refractivity contribution in [1.29, 1.82) is 0 Å². The summed E-state index contributed by atoms with van der Waals surface area (Å²) in [6.45, 7) is 4.20. The first-order chi connectivity index (χ1) is 12.5. The number of carbonyl (C=O) groups excluding carboxylic acids is 1. The maximum absolute atomic E-state index is 13.1. The summed E-state index contributed by atoms with van der Waals surface area (Å²) in [7, 11) is 1.85. The normalized spacial score (nSPS) is 13.4. The van der Waals surface area contributed by atoms with Gasteiger partial charge in [0.2, 0.25) is 0 Å². The van der Waals surface area contributed by atoms with Gasteiger partial charge in [-0.05, 0) is 36.1 Å². The topological polar surface area (TPSA) is 33.2 Å². The largest absolute Gasteiger partial charge is 0.337 e. The van der Waals surface area contributed by atoms with Crippen molar-refractivity contribution in [3.05, 3.63) is 66.4 Å². The number of fused-ring (bicyclic) bond motifs is 1. The number of aromatic nitrogens is 1. The third-order valence-corrected chi connectivity index (χ3v) is 6.04. The Labute approximate surface area is 163 Å². The maximum Gasteiger partial charge on any atom is 0.272 e. The van der Waals surface area contributed by atoms with Crippen molar-refractivity contribution in [2.45, 2.75) is 19.9 Å². The van der Waals surface area contributed by atoms with Gasteiger partial charge in [-0.2, -0.15) is 0 Å². The summed E-state index contributed by atoms with van der Waals surface area (Å²) in [5.41, 5.74) is 3.45. The summed E-state index contributed by atoms with van der Waals surface area (Å²) in [6, 6.07) is 20.2. The Morgan fingerprint density at radius 3 is 2.42 bits per heavy atom. The number of hydrogen-bond donors (Lipinski definition) is 0. The first-order valence-electron chi connectivity index (χ1n) is 8.81. The number of para-hydroxylation sites is 1. The van der Waals surface area contributed by atoms with Crippen LogP contribution in [-0.2, 0) is 0 Å². The van der Waals surface area contributed by atoms with Crippen molar-refractivity contribution in [2.75, 3.05) is 12.4 Å². The van der Waals surface area contributed by atoms with Crippen molar-refractivity contribution in [1.82, 2.24) is 9.88 Å². The predicted octanol–water partition coefficient (Wildman–Crippen LogP) is 5.39. The van der Waals surface area contributed by atoms with Gasteiger partial charge in [-0.3, -0.25) is 4.79 Å². The van der Waals surface area contributed by atoms with Crippen LogP contribution in [0.3, 0.4) is 0 Å². The highest BCUT2D eigenvalue weighted by molar-refractivity contribution is 9.09. The summed E-state index contributed by atoms with van der Waals surface area (Å²) in [5, 5.41) is 1.91. The fourth-order valence-electron chi connectivity index (χ4n) is 3.02. The van der Waals surface area contributed by atoms with Gasteiger partial charge >= 0.3 is 0 Å². The molecule has 0 aliphatic carbocycles. The van der Waals surface area contributed by atoms with E-state index in [1.165, 1.54) is 0 Å². The van der Waals surface area contributed by atoms with E-state index >= 15 is 0 Å². The lowest BCUT2D eigenvalue weighted by atomic mass is 9.99. The minimum absolute atomic E-state index is 0.0479. The minimum Gasteiger partial charge on any atom is -0.337 e. The smallest absolute Gasteiger partial charge is 0.272 e. The van der Waals surface area contributed by atoms with Crippen LogP contribution < -0.4 is 0 Å². The van der Waals surface area contributed by atoms with Crippen molar-refractivity contribution in [3.8, 4) is 11.1 Å². The lowest BCUT2D eigenvalue weighted by molar-refractivity contribution is 0.0704. The van der Waals surface area contributed by atoms with Crippen LogP contribution in [0.4, 0.5) is 0 Å². The maximum atomic E-state index is 13.1. The van der Waals surface area contributed by atoms with E-state index in [0.29, 0.717) is 11.6 Å². The molecule has 2 atom stereocenters. The number of alkyl halides is 1. The van der Waals surface area contributed by atoms with E-state index in [2.05, 4.69) is 53.0 Å². The molecule has 134 valence electrons. The molecular weight excluding hydrogens is 388 g/mol. The van der Waals surface area contributed by atoms with Crippen LogP contribution >= 0.6 is 15.9 Å². The van der Waals surface area contributed by atoms with E-state index in [4.69, 9.17) is 0 Å². The summed E-state index contributed by atoms with van der Waals surface area (Å²) < 4.78 is 0. The number of nitrogens with zero attached hydrogens (tertiary/aromatic N) is 2. The predicted molar refractivity (Wildman–Crippen MR) is 112 cm³/mol. The zero-order valence-corrected chi connectivity index (χ0v) is 16.9. The second kappa shape index (κ2) is 8.00. The number of amides is 1. The Bertz CT molecular complexity index is 910. The van der Waals surface area contributed by atoms with Crippen molar-refractivity contribution in [3.63, 3.8) is 0 Å². The van der Waals surface area contributed by atoms with Crippen LogP contribution in [0.25, 0.3) is 22.0 Å². The average Bonchev–Trinajstić information content (AvgIpc) is 2.71. The van der Waals surface area contributed by atoms with Crippen LogP contribution in [0.15, 0.2) is 60.7 Å². The van der Waals surface area contributed by atoms with Gasteiger partial charge in [0.15, 0.2) is 0 Å². The molecule has 2 aromatic carbocycles. The summed E-state index contributed by atoms with van der Waals surface area (Å²) in [6.07, 6.45) is 0. The molecule has 3 nitrogen and oxygen atoms in total. The SMILES string of the molecule is CC([C@@H](C)CBr)N(C)C(=O)c1cc(-c2ccccc2)c2ccccc2n1. The number of hydrogen-bond acceptors (Lipinski definition) is 2. The number of pyridine rings is 1. The number of halogens is 1. The van der Waals surface area contributed by atoms with Crippen LogP contribution in [0.1, 0.15) is 24.3 Å². The molecule has 1 unspecified atom stereocenters. The minimum atomic E-state index is -0.0479. The quantitative estimate of drug-likeness (QED) is 0.527. The Balaban J connectivity index is 2.09. The lowest BCUT2D eigenvalue weighted by Gasteiger charge is -2.29. The Hall–Kier alpha value is -2.20. The molecule has 3 aromatic rings. The molecule has 0 bridgehead atoms. The molecule has 4 heteroatoms. The Morgan fingerprint density at radius 2 is 1.73 bits per heavy atom. The van der Waals surface area contributed by atoms with Crippen molar-refractivity contribution < 1.29 is 4.79 Å². The molecule has 0 aliphatic rings. The fourth-order valence-corrected chi connectivity index (χ4v) is 3.56. The zero-order chi connectivity index (χ0) is 18.7. The first kappa shape index (κ1) is 18.6. The Kier molecular flexibility index (Phi) is 5.72. The molecule has 0 N–H and O–H groups in total. The summed E-state index contributed by atoms with van der Waals surface area (Å²) >= 11 is 3.51. The van der Waals surface area contributed by atoms with Gasteiger partial charge in [0.1, 0.15) is 5.69 Å². The standard InChI is InChI=1S/C22H23BrN2O/c1-15(14-23)16(2)25(3)22(26)21-13-19(17-9-5-4-6-10-17)18-11-7-8-12-20(18)24-21/h4-13,15-16H,14H2,1-3H3/t15-,16?/m0/s1. The molecule has 0 spiro atoms. The molecule has 1 heterocycles. The molecule has 1 aromatic heterocycles. The molecule has 0 saturated heterocycles. The second-order valence-electron chi connectivity index (χ2n) is 6.73. The average molecular weight is 411 g/mol. The summed E-state index contributed by atoms with van der Waals surface area (Å²) in [4.78, 5) is 19.5. The molecule has 3 rings (SSSR count). The molecule has 0 fully saturated rings. The van der Waals surface area contributed by atoms with Crippen molar-refractivity contribution >= 4 is 32.7 Å². The first-order valence-corrected chi connectivity index (χ1v) is 9.93. The monoisotopic (exact) mass is 410 g/mol. The van der Waals surface area contributed by atoms with Crippen LogP contribution in [0, 0.1) is 5.92 Å². The second-order valence-corrected chi connectivity index (χ2v) is 7.37. The van der Waals surface area contributed by atoms with Crippen LogP contribution in [-0.4, -0.2) is 34.2 Å². The van der Waals surface area contributed by atoms with Gasteiger partial charge in [0.05, 0.1) is 5.52 Å². The van der Waals surface area contributed by atoms with E-state index in [1.54, 1.807) is 4.90 Å². The molecule has 0 aliphatic heterocycles. The van der Waals surface area contributed by atoms with Crippen LogP contribution in [0.2, 0.25) is 0 Å².